The number of hydrogen-bond acceptors (Lipinski definition) is 5. The van der Waals surface area contributed by atoms with Crippen molar-refractivity contribution in [2.45, 2.75) is 31.7 Å². The molecule has 1 unspecified atom stereocenters. The number of carbonyl (C=O) groups excluding carboxylic acids is 3. The molecule has 1 aliphatic rings. The predicted molar refractivity (Wildman–Crippen MR) is 106 cm³/mol. The monoisotopic (exact) mass is 395 g/mol. The van der Waals surface area contributed by atoms with Gasteiger partial charge in [0, 0.05) is 38.3 Å². The van der Waals surface area contributed by atoms with E-state index < -0.39 is 5.41 Å². The van der Waals surface area contributed by atoms with Crippen molar-refractivity contribution < 1.29 is 19.5 Å². The molecule has 1 atom stereocenters. The van der Waals surface area contributed by atoms with Crippen LogP contribution in [-0.2, 0) is 26.3 Å². The van der Waals surface area contributed by atoms with E-state index in [1.807, 2.05) is 13.0 Å². The van der Waals surface area contributed by atoms with Gasteiger partial charge >= 0.3 is 0 Å². The SMILES string of the molecule is CCN(CCO)C(=O)CC1(c2ccccc2)CC(=O)N(Cc2cccnc2)C1=O. The van der Waals surface area contributed by atoms with Crippen LogP contribution in [-0.4, -0.2) is 57.3 Å². The molecule has 2 heterocycles. The Morgan fingerprint density at radius 1 is 1.21 bits per heavy atom. The van der Waals surface area contributed by atoms with Crippen molar-refractivity contribution in [3.63, 3.8) is 0 Å². The Morgan fingerprint density at radius 3 is 2.59 bits per heavy atom. The van der Waals surface area contributed by atoms with Gasteiger partial charge in [0.05, 0.1) is 18.6 Å². The second-order valence-electron chi connectivity index (χ2n) is 7.15. The Hall–Kier alpha value is -3.06. The first kappa shape index (κ1) is 20.7. The summed E-state index contributed by atoms with van der Waals surface area (Å²) in [6.07, 6.45) is 3.08. The van der Waals surface area contributed by atoms with Crippen LogP contribution in [0.5, 0.6) is 0 Å². The normalized spacial score (nSPS) is 18.9. The van der Waals surface area contributed by atoms with Crippen LogP contribution in [0.2, 0.25) is 0 Å². The van der Waals surface area contributed by atoms with Gasteiger partial charge in [0.15, 0.2) is 0 Å². The van der Waals surface area contributed by atoms with Crippen LogP contribution in [0.25, 0.3) is 0 Å². The third-order valence-electron chi connectivity index (χ3n) is 5.36. The molecule has 3 amide bonds. The van der Waals surface area contributed by atoms with E-state index in [0.717, 1.165) is 5.56 Å². The summed E-state index contributed by atoms with van der Waals surface area (Å²) in [6, 6.07) is 12.6. The van der Waals surface area contributed by atoms with Crippen molar-refractivity contribution in [3.05, 3.63) is 66.0 Å². The Morgan fingerprint density at radius 2 is 1.97 bits per heavy atom. The molecule has 0 spiro atoms. The maximum Gasteiger partial charge on any atom is 0.241 e. The van der Waals surface area contributed by atoms with Crippen LogP contribution in [0.15, 0.2) is 54.9 Å². The topological polar surface area (TPSA) is 90.8 Å². The highest BCUT2D eigenvalue weighted by molar-refractivity contribution is 6.10. The van der Waals surface area contributed by atoms with E-state index in [-0.39, 0.29) is 50.3 Å². The molecule has 0 bridgehead atoms. The summed E-state index contributed by atoms with van der Waals surface area (Å²) in [4.78, 5) is 46.1. The minimum absolute atomic E-state index is 0.0570. The van der Waals surface area contributed by atoms with Gasteiger partial charge in [-0.2, -0.15) is 0 Å². The number of aromatic nitrogens is 1. The molecule has 1 aliphatic heterocycles. The molecule has 0 aliphatic carbocycles. The molecule has 0 saturated carbocycles. The van der Waals surface area contributed by atoms with E-state index in [1.54, 1.807) is 48.8 Å². The van der Waals surface area contributed by atoms with Gasteiger partial charge < -0.3 is 10.0 Å². The zero-order chi connectivity index (χ0) is 20.9. The number of rotatable bonds is 8. The van der Waals surface area contributed by atoms with Crippen molar-refractivity contribution in [2.75, 3.05) is 19.7 Å². The number of amides is 3. The predicted octanol–water partition coefficient (Wildman–Crippen LogP) is 1.51. The highest BCUT2D eigenvalue weighted by atomic mass is 16.3. The smallest absolute Gasteiger partial charge is 0.241 e. The van der Waals surface area contributed by atoms with Gasteiger partial charge in [-0.15, -0.1) is 0 Å². The van der Waals surface area contributed by atoms with Crippen LogP contribution in [0.1, 0.15) is 30.9 Å². The van der Waals surface area contributed by atoms with E-state index in [9.17, 15) is 19.5 Å². The summed E-state index contributed by atoms with van der Waals surface area (Å²) in [5.41, 5.74) is 0.167. The summed E-state index contributed by atoms with van der Waals surface area (Å²) < 4.78 is 0. The first-order valence-electron chi connectivity index (χ1n) is 9.69. The lowest BCUT2D eigenvalue weighted by Gasteiger charge is -2.30. The van der Waals surface area contributed by atoms with Gasteiger partial charge in [-0.05, 0) is 24.1 Å². The van der Waals surface area contributed by atoms with Crippen molar-refractivity contribution in [2.24, 2.45) is 0 Å². The molecule has 1 aromatic heterocycles. The third-order valence-corrected chi connectivity index (χ3v) is 5.36. The van der Waals surface area contributed by atoms with Gasteiger partial charge in [0.25, 0.3) is 0 Å². The number of hydrogen-bond donors (Lipinski definition) is 1. The van der Waals surface area contributed by atoms with E-state index in [1.165, 1.54) is 9.80 Å². The molecular formula is C22H25N3O4. The molecule has 0 radical (unpaired) electrons. The minimum Gasteiger partial charge on any atom is -0.395 e. The number of aliphatic hydroxyl groups excluding tert-OH is 1. The average molecular weight is 395 g/mol. The molecule has 1 N–H and O–H groups in total. The van der Waals surface area contributed by atoms with Gasteiger partial charge in [-0.1, -0.05) is 36.4 Å². The molecule has 3 rings (SSSR count). The second-order valence-corrected chi connectivity index (χ2v) is 7.15. The van der Waals surface area contributed by atoms with Gasteiger partial charge in [-0.3, -0.25) is 24.3 Å². The molecule has 152 valence electrons. The fourth-order valence-corrected chi connectivity index (χ4v) is 3.81. The molecule has 29 heavy (non-hydrogen) atoms. The highest BCUT2D eigenvalue weighted by Crippen LogP contribution is 2.40. The lowest BCUT2D eigenvalue weighted by molar-refractivity contribution is -0.143. The van der Waals surface area contributed by atoms with Gasteiger partial charge in [-0.25, -0.2) is 0 Å². The Bertz CT molecular complexity index is 872. The van der Waals surface area contributed by atoms with E-state index in [2.05, 4.69) is 4.98 Å². The first-order valence-corrected chi connectivity index (χ1v) is 9.69. The Labute approximate surface area is 170 Å². The minimum atomic E-state index is -1.24. The molecule has 7 nitrogen and oxygen atoms in total. The first-order chi connectivity index (χ1) is 14.0. The Balaban J connectivity index is 1.95. The van der Waals surface area contributed by atoms with Gasteiger partial charge in [0.1, 0.15) is 0 Å². The second kappa shape index (κ2) is 8.96. The summed E-state index contributed by atoms with van der Waals surface area (Å²) in [5, 5.41) is 9.23. The molecule has 1 aromatic carbocycles. The third kappa shape index (κ3) is 4.19. The van der Waals surface area contributed by atoms with Crippen molar-refractivity contribution in [1.82, 2.24) is 14.8 Å². The number of imide groups is 1. The maximum absolute atomic E-state index is 13.5. The van der Waals surface area contributed by atoms with Crippen molar-refractivity contribution in [3.8, 4) is 0 Å². The maximum atomic E-state index is 13.5. The van der Waals surface area contributed by atoms with Crippen LogP contribution in [0.3, 0.4) is 0 Å². The van der Waals surface area contributed by atoms with E-state index in [0.29, 0.717) is 12.1 Å². The quantitative estimate of drug-likeness (QED) is 0.684. The summed E-state index contributed by atoms with van der Waals surface area (Å²) in [5.74, 6) is -0.929. The van der Waals surface area contributed by atoms with Crippen molar-refractivity contribution >= 4 is 17.7 Å². The van der Waals surface area contributed by atoms with Crippen LogP contribution < -0.4 is 0 Å². The number of likely N-dealkylation sites (tertiary alicyclic amines) is 1. The number of likely N-dealkylation sites (N-methyl/N-ethyl adjacent to an activating group) is 1. The average Bonchev–Trinajstić information content (AvgIpc) is 2.98. The molecule has 1 fully saturated rings. The number of aliphatic hydroxyl groups is 1. The Kier molecular flexibility index (Phi) is 6.39. The molecule has 7 heteroatoms. The van der Waals surface area contributed by atoms with Crippen LogP contribution in [0.4, 0.5) is 0 Å². The number of pyridine rings is 1. The van der Waals surface area contributed by atoms with Crippen molar-refractivity contribution in [1.29, 1.82) is 0 Å². The number of carbonyl (C=O) groups is 3. The van der Waals surface area contributed by atoms with Gasteiger partial charge in [0.2, 0.25) is 17.7 Å². The summed E-state index contributed by atoms with van der Waals surface area (Å²) >= 11 is 0. The zero-order valence-corrected chi connectivity index (χ0v) is 16.5. The molecule has 2 aromatic rings. The summed E-state index contributed by atoms with van der Waals surface area (Å²) in [6.45, 7) is 2.41. The standard InChI is InChI=1S/C22H25N3O4/c1-2-24(11-12-26)19(27)13-22(18-8-4-3-5-9-18)14-20(28)25(21(22)29)16-17-7-6-10-23-15-17/h3-10,15,26H,2,11-14,16H2,1H3. The molecular weight excluding hydrogens is 370 g/mol. The fraction of sp³-hybridized carbons (Fsp3) is 0.364. The fourth-order valence-electron chi connectivity index (χ4n) is 3.81. The summed E-state index contributed by atoms with van der Waals surface area (Å²) in [7, 11) is 0. The van der Waals surface area contributed by atoms with E-state index >= 15 is 0 Å². The molecule has 1 saturated heterocycles. The van der Waals surface area contributed by atoms with E-state index in [4.69, 9.17) is 0 Å². The highest BCUT2D eigenvalue weighted by Gasteiger charge is 2.53. The lowest BCUT2D eigenvalue weighted by Crippen LogP contribution is -2.44. The van der Waals surface area contributed by atoms with Crippen LogP contribution >= 0.6 is 0 Å². The lowest BCUT2D eigenvalue weighted by atomic mass is 9.75. The number of benzene rings is 1. The largest absolute Gasteiger partial charge is 0.395 e. The van der Waals surface area contributed by atoms with Crippen LogP contribution in [0, 0.1) is 0 Å². The zero-order valence-electron chi connectivity index (χ0n) is 16.5. The number of nitrogens with zero attached hydrogens (tertiary/aromatic N) is 3.